The van der Waals surface area contributed by atoms with E-state index in [9.17, 15) is 0 Å². The van der Waals surface area contributed by atoms with Crippen molar-refractivity contribution in [3.63, 3.8) is 0 Å². The van der Waals surface area contributed by atoms with Gasteiger partial charge in [-0.05, 0) is 45.1 Å². The van der Waals surface area contributed by atoms with E-state index in [1.807, 2.05) is 0 Å². The Kier molecular flexibility index (Phi) is 3.21. The molecule has 2 aliphatic carbocycles. The van der Waals surface area contributed by atoms with Gasteiger partial charge in [0.2, 0.25) is 17.7 Å². The highest BCUT2D eigenvalue weighted by molar-refractivity contribution is 5.06. The topological polar surface area (TPSA) is 81.1 Å². The van der Waals surface area contributed by atoms with Gasteiger partial charge in [0.25, 0.3) is 0 Å². The number of hydrogen-bond donors (Lipinski definition) is 0. The summed E-state index contributed by atoms with van der Waals surface area (Å²) >= 11 is 0. The van der Waals surface area contributed by atoms with E-state index in [0.717, 1.165) is 56.0 Å². The molecule has 0 amide bonds. The fraction of sp³-hybridized carbons (Fsp3) is 0.750. The fourth-order valence-electron chi connectivity index (χ4n) is 3.34. The van der Waals surface area contributed by atoms with Crippen LogP contribution in [0.4, 0.5) is 0 Å². The summed E-state index contributed by atoms with van der Waals surface area (Å²) in [6, 6.07) is 0. The van der Waals surface area contributed by atoms with Crippen LogP contribution in [0.2, 0.25) is 0 Å². The summed E-state index contributed by atoms with van der Waals surface area (Å²) in [5, 5.41) is 12.6. The Hall–Kier alpha value is -1.76. The first-order valence-electron chi connectivity index (χ1n) is 8.73. The second-order valence-corrected chi connectivity index (χ2v) is 7.15. The number of hydrogen-bond acceptors (Lipinski definition) is 7. The van der Waals surface area contributed by atoms with E-state index in [1.165, 1.54) is 25.7 Å². The van der Waals surface area contributed by atoms with E-state index < -0.39 is 0 Å². The van der Waals surface area contributed by atoms with Gasteiger partial charge in [0.1, 0.15) is 0 Å². The Morgan fingerprint density at radius 1 is 0.957 bits per heavy atom. The second kappa shape index (κ2) is 5.40. The molecule has 7 heteroatoms. The number of nitrogens with zero attached hydrogens (tertiary/aromatic N) is 5. The summed E-state index contributed by atoms with van der Waals surface area (Å²) in [5.41, 5.74) is 0. The lowest BCUT2D eigenvalue weighted by Gasteiger charge is -2.29. The van der Waals surface area contributed by atoms with Crippen molar-refractivity contribution in [3.05, 3.63) is 23.5 Å². The van der Waals surface area contributed by atoms with Gasteiger partial charge in [0, 0.05) is 24.3 Å². The number of rotatable bonds is 5. The predicted octanol–water partition coefficient (Wildman–Crippen LogP) is 2.59. The van der Waals surface area contributed by atoms with Crippen LogP contribution >= 0.6 is 0 Å². The summed E-state index contributed by atoms with van der Waals surface area (Å²) in [5.74, 6) is 4.66. The van der Waals surface area contributed by atoms with Crippen LogP contribution in [0.3, 0.4) is 0 Å². The number of piperidine rings is 1. The molecule has 0 radical (unpaired) electrons. The zero-order valence-electron chi connectivity index (χ0n) is 13.1. The van der Waals surface area contributed by atoms with Crippen LogP contribution in [0.15, 0.2) is 8.94 Å². The normalized spacial score (nSPS) is 25.8. The lowest BCUT2D eigenvalue weighted by molar-refractivity contribution is 0.178. The highest BCUT2D eigenvalue weighted by Gasteiger charge is 2.33. The molecule has 1 atom stereocenters. The van der Waals surface area contributed by atoms with Crippen molar-refractivity contribution in [2.75, 3.05) is 13.1 Å². The van der Waals surface area contributed by atoms with E-state index in [-0.39, 0.29) is 0 Å². The van der Waals surface area contributed by atoms with Crippen molar-refractivity contribution < 1.29 is 8.94 Å². The van der Waals surface area contributed by atoms with Gasteiger partial charge in [-0.15, -0.1) is 10.2 Å². The van der Waals surface area contributed by atoms with E-state index in [1.54, 1.807) is 0 Å². The monoisotopic (exact) mass is 315 g/mol. The molecule has 1 aliphatic heterocycles. The number of likely N-dealkylation sites (tertiary alicyclic amines) is 1. The SMILES string of the molecule is C1CC(c2noc(C3CC3)n2)CN(Cc2nnc(C3CC3)o2)C1. The standard InChI is InChI=1S/C16H21N5O2/c1-2-12(14-17-15(23-20-14)10-3-4-10)8-21(7-1)9-13-18-19-16(22-13)11-5-6-11/h10-12H,1-9H2. The molecular formula is C16H21N5O2. The minimum atomic E-state index is 0.353. The summed E-state index contributed by atoms with van der Waals surface area (Å²) < 4.78 is 11.2. The average Bonchev–Trinajstić information content (AvgIpc) is 3.51. The van der Waals surface area contributed by atoms with Crippen molar-refractivity contribution in [3.8, 4) is 0 Å². The lowest BCUT2D eigenvalue weighted by atomic mass is 9.97. The van der Waals surface area contributed by atoms with Crippen molar-refractivity contribution in [2.45, 2.75) is 62.8 Å². The smallest absolute Gasteiger partial charge is 0.230 e. The van der Waals surface area contributed by atoms with Crippen LogP contribution in [0.5, 0.6) is 0 Å². The Bertz CT molecular complexity index is 688. The van der Waals surface area contributed by atoms with Crippen LogP contribution in [0, 0.1) is 0 Å². The Morgan fingerprint density at radius 3 is 2.61 bits per heavy atom. The van der Waals surface area contributed by atoms with Gasteiger partial charge in [0.15, 0.2) is 5.82 Å². The van der Waals surface area contributed by atoms with Gasteiger partial charge in [-0.2, -0.15) is 4.98 Å². The first-order chi connectivity index (χ1) is 11.3. The average molecular weight is 315 g/mol. The summed E-state index contributed by atoms with van der Waals surface area (Å²) in [6.07, 6.45) is 7.03. The molecule has 2 saturated carbocycles. The van der Waals surface area contributed by atoms with E-state index in [2.05, 4.69) is 25.2 Å². The van der Waals surface area contributed by atoms with Crippen molar-refractivity contribution in [2.24, 2.45) is 0 Å². The quantitative estimate of drug-likeness (QED) is 0.838. The van der Waals surface area contributed by atoms with E-state index >= 15 is 0 Å². The van der Waals surface area contributed by atoms with Crippen molar-refractivity contribution in [1.29, 1.82) is 0 Å². The highest BCUT2D eigenvalue weighted by Crippen LogP contribution is 2.40. The molecule has 2 aromatic heterocycles. The maximum absolute atomic E-state index is 5.78. The molecule has 5 rings (SSSR count). The van der Waals surface area contributed by atoms with Gasteiger partial charge < -0.3 is 8.94 Å². The fourth-order valence-corrected chi connectivity index (χ4v) is 3.34. The van der Waals surface area contributed by atoms with Crippen molar-refractivity contribution in [1.82, 2.24) is 25.2 Å². The molecular weight excluding hydrogens is 294 g/mol. The van der Waals surface area contributed by atoms with Crippen LogP contribution in [-0.2, 0) is 6.54 Å². The molecule has 0 aromatic carbocycles. The minimum absolute atomic E-state index is 0.353. The maximum atomic E-state index is 5.78. The van der Waals surface area contributed by atoms with Gasteiger partial charge in [-0.25, -0.2) is 0 Å². The second-order valence-electron chi connectivity index (χ2n) is 7.15. The predicted molar refractivity (Wildman–Crippen MR) is 79.8 cm³/mol. The molecule has 3 heterocycles. The van der Waals surface area contributed by atoms with Crippen LogP contribution in [-0.4, -0.2) is 38.3 Å². The largest absolute Gasteiger partial charge is 0.424 e. The Balaban J connectivity index is 1.24. The molecule has 3 fully saturated rings. The van der Waals surface area contributed by atoms with Crippen LogP contribution in [0.1, 0.15) is 79.8 Å². The summed E-state index contributed by atoms with van der Waals surface area (Å²) in [7, 11) is 0. The molecule has 0 N–H and O–H groups in total. The molecule has 2 aromatic rings. The molecule has 0 spiro atoms. The molecule has 1 unspecified atom stereocenters. The van der Waals surface area contributed by atoms with Crippen LogP contribution < -0.4 is 0 Å². The Labute approximate surface area is 134 Å². The molecule has 23 heavy (non-hydrogen) atoms. The zero-order chi connectivity index (χ0) is 15.2. The Morgan fingerprint density at radius 2 is 1.78 bits per heavy atom. The maximum Gasteiger partial charge on any atom is 0.230 e. The molecule has 122 valence electrons. The van der Waals surface area contributed by atoms with Crippen molar-refractivity contribution >= 4 is 0 Å². The molecule has 3 aliphatic rings. The van der Waals surface area contributed by atoms with Crippen LogP contribution in [0.25, 0.3) is 0 Å². The first-order valence-corrected chi connectivity index (χ1v) is 8.73. The van der Waals surface area contributed by atoms with E-state index in [0.29, 0.717) is 17.8 Å². The lowest BCUT2D eigenvalue weighted by Crippen LogP contribution is -2.34. The number of aromatic nitrogens is 4. The summed E-state index contributed by atoms with van der Waals surface area (Å²) in [4.78, 5) is 6.98. The summed E-state index contributed by atoms with van der Waals surface area (Å²) in [6.45, 7) is 2.72. The molecule has 7 nitrogen and oxygen atoms in total. The van der Waals surface area contributed by atoms with Gasteiger partial charge in [0.05, 0.1) is 6.54 Å². The highest BCUT2D eigenvalue weighted by atomic mass is 16.5. The van der Waals surface area contributed by atoms with Gasteiger partial charge in [-0.1, -0.05) is 5.16 Å². The van der Waals surface area contributed by atoms with Gasteiger partial charge >= 0.3 is 0 Å². The van der Waals surface area contributed by atoms with E-state index in [4.69, 9.17) is 8.94 Å². The third-order valence-corrected chi connectivity index (χ3v) is 5.02. The molecule has 0 bridgehead atoms. The zero-order valence-corrected chi connectivity index (χ0v) is 13.1. The third kappa shape index (κ3) is 2.89. The third-order valence-electron chi connectivity index (χ3n) is 5.02. The van der Waals surface area contributed by atoms with Gasteiger partial charge in [-0.3, -0.25) is 4.90 Å². The minimum Gasteiger partial charge on any atom is -0.424 e. The first kappa shape index (κ1) is 13.7. The molecule has 1 saturated heterocycles.